The van der Waals surface area contributed by atoms with Gasteiger partial charge in [-0.3, -0.25) is 9.59 Å². The number of aromatic nitrogens is 3. The number of thioether (sulfide) groups is 1. The predicted octanol–water partition coefficient (Wildman–Crippen LogP) is -0.0598. The summed E-state index contributed by atoms with van der Waals surface area (Å²) >= 11 is 1.82. The Labute approximate surface area is 108 Å². The van der Waals surface area contributed by atoms with Crippen molar-refractivity contribution in [2.75, 3.05) is 18.1 Å². The maximum Gasteiger partial charge on any atom is 0.325 e. The number of carboxylic acid groups (broad SMARTS) is 1. The largest absolute Gasteiger partial charge is 0.480 e. The zero-order valence-electron chi connectivity index (χ0n) is 9.94. The summed E-state index contributed by atoms with van der Waals surface area (Å²) in [5, 5.41) is 16.0. The molecule has 0 saturated carbocycles. The van der Waals surface area contributed by atoms with Crippen LogP contribution in [0.2, 0.25) is 0 Å². The minimum absolute atomic E-state index is 0.167. The second-order valence-electron chi connectivity index (χ2n) is 4.12. The molecule has 1 aromatic rings. The van der Waals surface area contributed by atoms with Crippen molar-refractivity contribution in [3.05, 3.63) is 11.9 Å². The summed E-state index contributed by atoms with van der Waals surface area (Å²) in [5.41, 5.74) is 0.204. The summed E-state index contributed by atoms with van der Waals surface area (Å²) in [6, 6.07) is 0.167. The van der Waals surface area contributed by atoms with Crippen LogP contribution in [0.1, 0.15) is 17.4 Å². The van der Waals surface area contributed by atoms with Gasteiger partial charge in [-0.1, -0.05) is 5.21 Å². The van der Waals surface area contributed by atoms with Gasteiger partial charge in [0.2, 0.25) is 0 Å². The van der Waals surface area contributed by atoms with E-state index in [-0.39, 0.29) is 24.2 Å². The molecule has 0 aromatic carbocycles. The Morgan fingerprint density at radius 1 is 1.61 bits per heavy atom. The van der Waals surface area contributed by atoms with E-state index in [0.717, 1.165) is 16.2 Å². The second kappa shape index (κ2) is 5.38. The Morgan fingerprint density at radius 3 is 3.06 bits per heavy atom. The van der Waals surface area contributed by atoms with E-state index in [9.17, 15) is 9.59 Å². The van der Waals surface area contributed by atoms with E-state index in [4.69, 9.17) is 5.11 Å². The van der Waals surface area contributed by atoms with Crippen LogP contribution >= 0.6 is 11.8 Å². The van der Waals surface area contributed by atoms with Gasteiger partial charge in [0.15, 0.2) is 5.69 Å². The van der Waals surface area contributed by atoms with Gasteiger partial charge < -0.3 is 10.0 Å². The smallest absolute Gasteiger partial charge is 0.325 e. The highest BCUT2D eigenvalue weighted by molar-refractivity contribution is 7.99. The van der Waals surface area contributed by atoms with Gasteiger partial charge in [0.05, 0.1) is 6.20 Å². The molecule has 2 heterocycles. The Bertz CT molecular complexity index is 462. The van der Waals surface area contributed by atoms with E-state index in [0.29, 0.717) is 6.54 Å². The van der Waals surface area contributed by atoms with Crippen molar-refractivity contribution in [1.29, 1.82) is 0 Å². The average Bonchev–Trinajstić information content (AvgIpc) is 2.76. The minimum atomic E-state index is -1.01. The van der Waals surface area contributed by atoms with Crippen LogP contribution in [-0.4, -0.2) is 61.0 Å². The van der Waals surface area contributed by atoms with Gasteiger partial charge in [0, 0.05) is 24.1 Å². The summed E-state index contributed by atoms with van der Waals surface area (Å²) in [5.74, 6) is 0.634. The lowest BCUT2D eigenvalue weighted by Crippen LogP contribution is -2.44. The van der Waals surface area contributed by atoms with Crippen LogP contribution in [0.3, 0.4) is 0 Å². The molecule has 1 N–H and O–H groups in total. The molecule has 0 spiro atoms. The number of carboxylic acids is 1. The highest BCUT2D eigenvalue weighted by atomic mass is 32.2. The number of carbonyl (C=O) groups is 2. The van der Waals surface area contributed by atoms with Crippen LogP contribution in [0.25, 0.3) is 0 Å². The third-order valence-corrected chi connectivity index (χ3v) is 3.87. The quantitative estimate of drug-likeness (QED) is 0.828. The number of hydrogen-bond donors (Lipinski definition) is 1. The van der Waals surface area contributed by atoms with Gasteiger partial charge in [-0.2, -0.15) is 11.8 Å². The Kier molecular flexibility index (Phi) is 3.85. The maximum absolute atomic E-state index is 12.2. The first-order valence-electron chi connectivity index (χ1n) is 5.58. The molecule has 1 atom stereocenters. The third-order valence-electron chi connectivity index (χ3n) is 2.68. The fraction of sp³-hybridized carbons (Fsp3) is 0.600. The maximum atomic E-state index is 12.2. The van der Waals surface area contributed by atoms with Crippen molar-refractivity contribution < 1.29 is 14.7 Å². The molecule has 18 heavy (non-hydrogen) atoms. The molecule has 1 amide bonds. The first kappa shape index (κ1) is 12.9. The van der Waals surface area contributed by atoms with E-state index in [1.54, 1.807) is 4.90 Å². The van der Waals surface area contributed by atoms with E-state index in [2.05, 4.69) is 10.3 Å². The van der Waals surface area contributed by atoms with Crippen LogP contribution in [-0.2, 0) is 11.3 Å². The summed E-state index contributed by atoms with van der Waals surface area (Å²) in [4.78, 5) is 24.4. The number of amides is 1. The normalized spacial score (nSPS) is 19.8. The molecule has 8 heteroatoms. The molecule has 98 valence electrons. The topological polar surface area (TPSA) is 88.3 Å². The fourth-order valence-electron chi connectivity index (χ4n) is 1.79. The number of hydrogen-bond acceptors (Lipinski definition) is 5. The van der Waals surface area contributed by atoms with Gasteiger partial charge in [-0.25, -0.2) is 4.68 Å². The predicted molar refractivity (Wildman–Crippen MR) is 65.5 cm³/mol. The summed E-state index contributed by atoms with van der Waals surface area (Å²) in [6.07, 6.45) is 1.38. The molecule has 1 aliphatic rings. The molecule has 7 nitrogen and oxygen atoms in total. The molecule has 1 aliphatic heterocycles. The van der Waals surface area contributed by atoms with Crippen molar-refractivity contribution in [1.82, 2.24) is 19.9 Å². The molecular formula is C10H14N4O3S. The van der Waals surface area contributed by atoms with Crippen molar-refractivity contribution in [3.63, 3.8) is 0 Å². The molecule has 1 saturated heterocycles. The first-order chi connectivity index (χ1) is 8.58. The molecule has 1 fully saturated rings. The molecule has 1 unspecified atom stereocenters. The van der Waals surface area contributed by atoms with Crippen molar-refractivity contribution in [3.8, 4) is 0 Å². The lowest BCUT2D eigenvalue weighted by molar-refractivity contribution is -0.137. The molecule has 1 aromatic heterocycles. The first-order valence-corrected chi connectivity index (χ1v) is 6.74. The molecule has 0 bridgehead atoms. The van der Waals surface area contributed by atoms with Crippen molar-refractivity contribution in [2.45, 2.75) is 19.5 Å². The summed E-state index contributed by atoms with van der Waals surface area (Å²) in [7, 11) is 0. The molecule has 0 radical (unpaired) electrons. The zero-order chi connectivity index (χ0) is 13.1. The van der Waals surface area contributed by atoms with E-state index in [1.165, 1.54) is 6.20 Å². The Morgan fingerprint density at radius 2 is 2.39 bits per heavy atom. The number of aliphatic carboxylic acids is 1. The number of nitrogens with zero attached hydrogens (tertiary/aromatic N) is 4. The van der Waals surface area contributed by atoms with Gasteiger partial charge in [-0.15, -0.1) is 5.10 Å². The lowest BCUT2D eigenvalue weighted by Gasteiger charge is -2.32. The van der Waals surface area contributed by atoms with Gasteiger partial charge in [-0.05, 0) is 6.92 Å². The van der Waals surface area contributed by atoms with Gasteiger partial charge in [0.25, 0.3) is 5.91 Å². The average molecular weight is 270 g/mol. The Hall–Kier alpha value is -1.57. The van der Waals surface area contributed by atoms with Gasteiger partial charge in [0.1, 0.15) is 6.54 Å². The fourth-order valence-corrected chi connectivity index (χ4v) is 2.80. The second-order valence-corrected chi connectivity index (χ2v) is 5.27. The summed E-state index contributed by atoms with van der Waals surface area (Å²) < 4.78 is 1.15. The standard InChI is InChI=1S/C10H14N4O3S/c1-7-6-18-3-2-14(7)10(17)8-4-13(12-11-8)5-9(15)16/h4,7H,2-3,5-6H2,1H3,(H,15,16). The number of rotatable bonds is 3. The molecule has 2 rings (SSSR count). The Balaban J connectivity index is 2.08. The van der Waals surface area contributed by atoms with Crippen LogP contribution in [0.15, 0.2) is 6.20 Å². The monoisotopic (exact) mass is 270 g/mol. The van der Waals surface area contributed by atoms with E-state index < -0.39 is 5.97 Å². The summed E-state index contributed by atoms with van der Waals surface area (Å²) in [6.45, 7) is 2.40. The van der Waals surface area contributed by atoms with Gasteiger partial charge >= 0.3 is 5.97 Å². The van der Waals surface area contributed by atoms with Crippen LogP contribution in [0.5, 0.6) is 0 Å². The van der Waals surface area contributed by atoms with E-state index >= 15 is 0 Å². The van der Waals surface area contributed by atoms with Crippen LogP contribution < -0.4 is 0 Å². The minimum Gasteiger partial charge on any atom is -0.480 e. The number of carbonyl (C=O) groups excluding carboxylic acids is 1. The highest BCUT2D eigenvalue weighted by Gasteiger charge is 2.26. The zero-order valence-corrected chi connectivity index (χ0v) is 10.8. The SMILES string of the molecule is CC1CSCCN1C(=O)c1cn(CC(=O)O)nn1. The van der Waals surface area contributed by atoms with Crippen LogP contribution in [0, 0.1) is 0 Å². The third kappa shape index (κ3) is 2.81. The van der Waals surface area contributed by atoms with Crippen LogP contribution in [0.4, 0.5) is 0 Å². The molecule has 0 aliphatic carbocycles. The van der Waals surface area contributed by atoms with Crippen molar-refractivity contribution in [2.24, 2.45) is 0 Å². The molecular weight excluding hydrogens is 256 g/mol. The highest BCUT2D eigenvalue weighted by Crippen LogP contribution is 2.17. The van der Waals surface area contributed by atoms with Crippen molar-refractivity contribution >= 4 is 23.6 Å². The van der Waals surface area contributed by atoms with E-state index in [1.807, 2.05) is 18.7 Å². The lowest BCUT2D eigenvalue weighted by atomic mass is 10.2.